The number of halogens is 3. The number of rotatable bonds is 7. The Labute approximate surface area is 154 Å². The van der Waals surface area contributed by atoms with Crippen LogP contribution in [0, 0.1) is 5.92 Å². The molecule has 0 unspecified atom stereocenters. The summed E-state index contributed by atoms with van der Waals surface area (Å²) in [5, 5.41) is 9.23. The van der Waals surface area contributed by atoms with Crippen molar-refractivity contribution >= 4 is 21.6 Å². The summed E-state index contributed by atoms with van der Waals surface area (Å²) in [7, 11) is -4.30. The Morgan fingerprint density at radius 2 is 1.85 bits per heavy atom. The van der Waals surface area contributed by atoms with Crippen molar-refractivity contribution in [3.8, 4) is 0 Å². The smallest absolute Gasteiger partial charge is 0.321 e. The standard InChI is InChI=1S/C16H19F3N4O3S/c1-10(2)7-12-8-14(23-22-12)15(24)21-11-3-5-13(6-4-11)27(25,26)20-9-16(17,18)19/h3-6,8,10,20H,7,9H2,1-2H3,(H,21,24)(H,22,23). The second kappa shape index (κ2) is 8.09. The molecule has 7 nitrogen and oxygen atoms in total. The molecular formula is C16H19F3N4O3S. The average Bonchev–Trinajstić information content (AvgIpc) is 3.01. The van der Waals surface area contributed by atoms with Gasteiger partial charge in [-0.3, -0.25) is 9.89 Å². The lowest BCUT2D eigenvalue weighted by molar-refractivity contribution is -0.121. The molecule has 0 spiro atoms. The minimum Gasteiger partial charge on any atom is -0.321 e. The fourth-order valence-electron chi connectivity index (χ4n) is 2.20. The fourth-order valence-corrected chi connectivity index (χ4v) is 3.21. The first kappa shape index (κ1) is 20.9. The van der Waals surface area contributed by atoms with Gasteiger partial charge in [0.1, 0.15) is 6.54 Å². The van der Waals surface area contributed by atoms with Gasteiger partial charge >= 0.3 is 6.18 Å². The first-order chi connectivity index (χ1) is 12.5. The number of alkyl halides is 3. The second-order valence-electron chi connectivity index (χ2n) is 6.29. The van der Waals surface area contributed by atoms with E-state index in [4.69, 9.17) is 0 Å². The van der Waals surface area contributed by atoms with Crippen LogP contribution >= 0.6 is 0 Å². The number of sulfonamides is 1. The molecule has 1 aromatic heterocycles. The van der Waals surface area contributed by atoms with Crippen LogP contribution in [0.25, 0.3) is 0 Å². The summed E-state index contributed by atoms with van der Waals surface area (Å²) >= 11 is 0. The van der Waals surface area contributed by atoms with Crippen molar-refractivity contribution in [2.24, 2.45) is 5.92 Å². The molecule has 0 fully saturated rings. The molecule has 2 rings (SSSR count). The third kappa shape index (κ3) is 6.36. The van der Waals surface area contributed by atoms with Gasteiger partial charge in [0.25, 0.3) is 5.91 Å². The van der Waals surface area contributed by atoms with E-state index >= 15 is 0 Å². The summed E-state index contributed by atoms with van der Waals surface area (Å²) < 4.78 is 61.6. The van der Waals surface area contributed by atoms with Crippen LogP contribution < -0.4 is 10.0 Å². The minimum atomic E-state index is -4.65. The number of nitrogens with one attached hydrogen (secondary N) is 3. The van der Waals surface area contributed by atoms with E-state index in [0.717, 1.165) is 24.2 Å². The number of aromatic amines is 1. The summed E-state index contributed by atoms with van der Waals surface area (Å²) in [4.78, 5) is 11.8. The molecule has 3 N–H and O–H groups in total. The lowest BCUT2D eigenvalue weighted by Crippen LogP contribution is -2.33. The van der Waals surface area contributed by atoms with Gasteiger partial charge in [0.15, 0.2) is 5.69 Å². The molecule has 0 aliphatic carbocycles. The van der Waals surface area contributed by atoms with Crippen LogP contribution in [0.2, 0.25) is 0 Å². The summed E-state index contributed by atoms with van der Waals surface area (Å²) in [5.74, 6) is -0.103. The number of carbonyl (C=O) groups excluding carboxylic acids is 1. The lowest BCUT2D eigenvalue weighted by Gasteiger charge is -2.10. The van der Waals surface area contributed by atoms with E-state index in [1.807, 2.05) is 13.8 Å². The molecule has 0 bridgehead atoms. The Morgan fingerprint density at radius 1 is 1.22 bits per heavy atom. The third-order valence-electron chi connectivity index (χ3n) is 3.38. The van der Waals surface area contributed by atoms with Crippen LogP contribution in [0.3, 0.4) is 0 Å². The molecule has 1 aromatic carbocycles. The highest BCUT2D eigenvalue weighted by Crippen LogP contribution is 2.17. The summed E-state index contributed by atoms with van der Waals surface area (Å²) in [6, 6.07) is 6.38. The van der Waals surface area contributed by atoms with E-state index in [2.05, 4.69) is 15.5 Å². The number of aromatic nitrogens is 2. The number of H-pyrrole nitrogens is 1. The molecule has 148 valence electrons. The highest BCUT2D eigenvalue weighted by atomic mass is 32.2. The Balaban J connectivity index is 2.02. The third-order valence-corrected chi connectivity index (χ3v) is 4.79. The van der Waals surface area contributed by atoms with Crippen LogP contribution in [-0.2, 0) is 16.4 Å². The number of hydrogen-bond acceptors (Lipinski definition) is 4. The molecule has 0 atom stereocenters. The molecule has 11 heteroatoms. The van der Waals surface area contributed by atoms with Gasteiger partial charge in [-0.25, -0.2) is 13.1 Å². The van der Waals surface area contributed by atoms with Gasteiger partial charge in [0, 0.05) is 11.4 Å². The number of carbonyl (C=O) groups is 1. The molecule has 0 radical (unpaired) electrons. The first-order valence-corrected chi connectivity index (χ1v) is 9.47. The van der Waals surface area contributed by atoms with Crippen LogP contribution in [-0.4, -0.2) is 37.2 Å². The highest BCUT2D eigenvalue weighted by molar-refractivity contribution is 7.89. The second-order valence-corrected chi connectivity index (χ2v) is 8.06. The van der Waals surface area contributed by atoms with Gasteiger partial charge in [0.05, 0.1) is 4.90 Å². The zero-order valence-electron chi connectivity index (χ0n) is 14.6. The molecule has 0 saturated carbocycles. The van der Waals surface area contributed by atoms with Gasteiger partial charge in [0.2, 0.25) is 10.0 Å². The van der Waals surface area contributed by atoms with Crippen molar-refractivity contribution in [3.05, 3.63) is 41.7 Å². The van der Waals surface area contributed by atoms with Gasteiger partial charge in [-0.2, -0.15) is 18.3 Å². The van der Waals surface area contributed by atoms with E-state index in [9.17, 15) is 26.4 Å². The first-order valence-electron chi connectivity index (χ1n) is 7.98. The van der Waals surface area contributed by atoms with E-state index in [1.54, 1.807) is 6.07 Å². The van der Waals surface area contributed by atoms with Crippen LogP contribution in [0.15, 0.2) is 35.2 Å². The Hall–Kier alpha value is -2.40. The Kier molecular flexibility index (Phi) is 6.26. The molecule has 2 aromatic rings. The van der Waals surface area contributed by atoms with E-state index < -0.39 is 28.7 Å². The monoisotopic (exact) mass is 404 g/mol. The largest absolute Gasteiger partial charge is 0.402 e. The van der Waals surface area contributed by atoms with Crippen molar-refractivity contribution in [1.29, 1.82) is 0 Å². The van der Waals surface area contributed by atoms with Crippen LogP contribution in [0.5, 0.6) is 0 Å². The lowest BCUT2D eigenvalue weighted by atomic mass is 10.1. The summed E-state index contributed by atoms with van der Waals surface area (Å²) in [6.07, 6.45) is -3.92. The molecule has 1 amide bonds. The van der Waals surface area contributed by atoms with E-state index in [-0.39, 0.29) is 16.3 Å². The Bertz CT molecular complexity index is 890. The molecular weight excluding hydrogens is 385 g/mol. The maximum atomic E-state index is 12.2. The van der Waals surface area contributed by atoms with Gasteiger partial charge in [-0.05, 0) is 42.7 Å². The van der Waals surface area contributed by atoms with Crippen molar-refractivity contribution in [2.45, 2.75) is 31.3 Å². The SMILES string of the molecule is CC(C)Cc1cc(C(=O)Nc2ccc(S(=O)(=O)NCC(F)(F)F)cc2)n[nH]1. The van der Waals surface area contributed by atoms with Gasteiger partial charge < -0.3 is 5.32 Å². The van der Waals surface area contributed by atoms with Crippen molar-refractivity contribution in [1.82, 2.24) is 14.9 Å². The quantitative estimate of drug-likeness (QED) is 0.660. The number of benzene rings is 1. The number of hydrogen-bond donors (Lipinski definition) is 3. The number of amides is 1. The van der Waals surface area contributed by atoms with E-state index in [0.29, 0.717) is 5.92 Å². The normalized spacial score (nSPS) is 12.4. The van der Waals surface area contributed by atoms with Crippen LogP contribution in [0.4, 0.5) is 18.9 Å². The fraction of sp³-hybridized carbons (Fsp3) is 0.375. The summed E-state index contributed by atoms with van der Waals surface area (Å²) in [6.45, 7) is 2.39. The zero-order chi connectivity index (χ0) is 20.2. The molecule has 0 aliphatic rings. The highest BCUT2D eigenvalue weighted by Gasteiger charge is 2.30. The molecule has 0 aliphatic heterocycles. The minimum absolute atomic E-state index is 0.175. The predicted octanol–water partition coefficient (Wildman–Crippen LogP) is 2.70. The summed E-state index contributed by atoms with van der Waals surface area (Å²) in [5.41, 5.74) is 1.27. The van der Waals surface area contributed by atoms with Crippen molar-refractivity contribution in [3.63, 3.8) is 0 Å². The van der Waals surface area contributed by atoms with Gasteiger partial charge in [-0.15, -0.1) is 0 Å². The number of nitrogens with zero attached hydrogens (tertiary/aromatic N) is 1. The topological polar surface area (TPSA) is 104 Å². The molecule has 1 heterocycles. The zero-order valence-corrected chi connectivity index (χ0v) is 15.4. The predicted molar refractivity (Wildman–Crippen MR) is 92.8 cm³/mol. The van der Waals surface area contributed by atoms with Crippen LogP contribution in [0.1, 0.15) is 30.0 Å². The maximum Gasteiger partial charge on any atom is 0.402 e. The van der Waals surface area contributed by atoms with Gasteiger partial charge in [-0.1, -0.05) is 13.8 Å². The Morgan fingerprint density at radius 3 is 2.41 bits per heavy atom. The van der Waals surface area contributed by atoms with Crippen molar-refractivity contribution < 1.29 is 26.4 Å². The maximum absolute atomic E-state index is 12.2. The average molecular weight is 404 g/mol. The molecule has 0 saturated heterocycles. The number of anilines is 1. The molecule has 27 heavy (non-hydrogen) atoms. The van der Waals surface area contributed by atoms with Crippen molar-refractivity contribution in [2.75, 3.05) is 11.9 Å². The van der Waals surface area contributed by atoms with E-state index in [1.165, 1.54) is 16.9 Å².